The zero-order valence-corrected chi connectivity index (χ0v) is 10.9. The highest BCUT2D eigenvalue weighted by Gasteiger charge is 2.28. The van der Waals surface area contributed by atoms with Crippen molar-refractivity contribution in [1.82, 2.24) is 14.7 Å². The van der Waals surface area contributed by atoms with Gasteiger partial charge in [-0.1, -0.05) is 0 Å². The minimum Gasteiger partial charge on any atom is -0.298 e. The second-order valence-electron chi connectivity index (χ2n) is 5.71. The predicted octanol–water partition coefficient (Wildman–Crippen LogP) is 2.13. The number of likely N-dealkylation sites (tertiary alicyclic amines) is 1. The second-order valence-corrected chi connectivity index (χ2v) is 5.71. The minimum absolute atomic E-state index is 0.239. The van der Waals surface area contributed by atoms with Gasteiger partial charge in [0.2, 0.25) is 0 Å². The highest BCUT2D eigenvalue weighted by molar-refractivity contribution is 5.71. The fourth-order valence-electron chi connectivity index (χ4n) is 2.50. The molecule has 1 aliphatic rings. The summed E-state index contributed by atoms with van der Waals surface area (Å²) in [5.74, 6) is 0. The molecule has 2 rings (SSSR count). The molecule has 0 bridgehead atoms. The zero-order chi connectivity index (χ0) is 12.5. The summed E-state index contributed by atoms with van der Waals surface area (Å²) in [6.07, 6.45) is 4.74. The summed E-state index contributed by atoms with van der Waals surface area (Å²) in [6, 6.07) is 2.16. The predicted molar refractivity (Wildman–Crippen MR) is 67.2 cm³/mol. The SMILES string of the molecule is CC(C)(C)N1CCC(n2nccc2C=O)CC1. The summed E-state index contributed by atoms with van der Waals surface area (Å²) in [5.41, 5.74) is 0.932. The molecule has 1 aromatic heterocycles. The quantitative estimate of drug-likeness (QED) is 0.737. The lowest BCUT2D eigenvalue weighted by molar-refractivity contribution is 0.0854. The summed E-state index contributed by atoms with van der Waals surface area (Å²) in [5, 5.41) is 4.26. The summed E-state index contributed by atoms with van der Waals surface area (Å²) in [4.78, 5) is 13.4. The lowest BCUT2D eigenvalue weighted by Crippen LogP contribution is -2.46. The fourth-order valence-corrected chi connectivity index (χ4v) is 2.50. The smallest absolute Gasteiger partial charge is 0.168 e. The number of carbonyl (C=O) groups is 1. The van der Waals surface area contributed by atoms with E-state index in [0.717, 1.165) is 32.2 Å². The van der Waals surface area contributed by atoms with Crippen molar-refractivity contribution in [3.8, 4) is 0 Å². The van der Waals surface area contributed by atoms with Crippen LogP contribution in [0, 0.1) is 0 Å². The third-order valence-electron chi connectivity index (χ3n) is 3.58. The van der Waals surface area contributed by atoms with Crippen molar-refractivity contribution in [2.45, 2.75) is 45.2 Å². The number of carbonyl (C=O) groups excluding carboxylic acids is 1. The molecular formula is C13H21N3O. The van der Waals surface area contributed by atoms with Crippen molar-refractivity contribution in [2.75, 3.05) is 13.1 Å². The van der Waals surface area contributed by atoms with Gasteiger partial charge in [-0.15, -0.1) is 0 Å². The highest BCUT2D eigenvalue weighted by atomic mass is 16.1. The molecule has 94 valence electrons. The molecule has 17 heavy (non-hydrogen) atoms. The van der Waals surface area contributed by atoms with Gasteiger partial charge in [0.25, 0.3) is 0 Å². The van der Waals surface area contributed by atoms with Gasteiger partial charge in [0.1, 0.15) is 5.69 Å². The van der Waals surface area contributed by atoms with Crippen LogP contribution in [0.2, 0.25) is 0 Å². The lowest BCUT2D eigenvalue weighted by atomic mass is 9.98. The Labute approximate surface area is 103 Å². The van der Waals surface area contributed by atoms with Gasteiger partial charge in [0, 0.05) is 24.8 Å². The summed E-state index contributed by atoms with van der Waals surface area (Å²) in [7, 11) is 0. The van der Waals surface area contributed by atoms with Gasteiger partial charge >= 0.3 is 0 Å². The number of aromatic nitrogens is 2. The summed E-state index contributed by atoms with van der Waals surface area (Å²) < 4.78 is 1.88. The first-order valence-electron chi connectivity index (χ1n) is 6.26. The first-order valence-corrected chi connectivity index (χ1v) is 6.26. The van der Waals surface area contributed by atoms with Crippen LogP contribution in [0.1, 0.15) is 50.1 Å². The topological polar surface area (TPSA) is 38.1 Å². The number of hydrogen-bond acceptors (Lipinski definition) is 3. The Balaban J connectivity index is 2.02. The van der Waals surface area contributed by atoms with E-state index in [1.165, 1.54) is 0 Å². The van der Waals surface area contributed by atoms with Crippen LogP contribution in [-0.2, 0) is 0 Å². The van der Waals surface area contributed by atoms with Gasteiger partial charge in [0.05, 0.1) is 6.04 Å². The molecule has 0 aromatic carbocycles. The molecule has 1 aromatic rings. The molecule has 0 aliphatic carbocycles. The van der Waals surface area contributed by atoms with Crippen molar-refractivity contribution in [3.63, 3.8) is 0 Å². The van der Waals surface area contributed by atoms with Crippen LogP contribution >= 0.6 is 0 Å². The van der Waals surface area contributed by atoms with Gasteiger partial charge in [-0.2, -0.15) is 5.10 Å². The van der Waals surface area contributed by atoms with Crippen LogP contribution in [0.5, 0.6) is 0 Å². The van der Waals surface area contributed by atoms with Crippen LogP contribution in [0.25, 0.3) is 0 Å². The van der Waals surface area contributed by atoms with Crippen molar-refractivity contribution in [2.24, 2.45) is 0 Å². The Morgan fingerprint density at radius 3 is 2.53 bits per heavy atom. The lowest BCUT2D eigenvalue weighted by Gasteiger charge is -2.41. The van der Waals surface area contributed by atoms with Crippen molar-refractivity contribution < 1.29 is 4.79 Å². The molecule has 0 atom stereocenters. The molecule has 0 unspecified atom stereocenters. The first-order chi connectivity index (χ1) is 8.02. The molecule has 4 heteroatoms. The van der Waals surface area contributed by atoms with Gasteiger partial charge in [-0.05, 0) is 39.7 Å². The van der Waals surface area contributed by atoms with Crippen molar-refractivity contribution in [1.29, 1.82) is 0 Å². The van der Waals surface area contributed by atoms with E-state index in [2.05, 4.69) is 30.8 Å². The van der Waals surface area contributed by atoms with Gasteiger partial charge in [-0.25, -0.2) is 0 Å². The van der Waals surface area contributed by atoms with Crippen molar-refractivity contribution >= 4 is 6.29 Å². The van der Waals surface area contributed by atoms with E-state index in [9.17, 15) is 4.79 Å². The number of nitrogens with zero attached hydrogens (tertiary/aromatic N) is 3. The van der Waals surface area contributed by atoms with Crippen LogP contribution in [0.3, 0.4) is 0 Å². The number of piperidine rings is 1. The van der Waals surface area contributed by atoms with Crippen molar-refractivity contribution in [3.05, 3.63) is 18.0 Å². The Morgan fingerprint density at radius 1 is 1.35 bits per heavy atom. The average molecular weight is 235 g/mol. The molecule has 4 nitrogen and oxygen atoms in total. The van der Waals surface area contributed by atoms with E-state index >= 15 is 0 Å². The van der Waals surface area contributed by atoms with Gasteiger partial charge in [0.15, 0.2) is 6.29 Å². The average Bonchev–Trinajstić information content (AvgIpc) is 2.76. The molecule has 1 saturated heterocycles. The van der Waals surface area contributed by atoms with E-state index in [4.69, 9.17) is 0 Å². The molecular weight excluding hydrogens is 214 g/mol. The number of rotatable bonds is 2. The number of hydrogen-bond donors (Lipinski definition) is 0. The maximum absolute atomic E-state index is 10.9. The minimum atomic E-state index is 0.239. The number of aldehydes is 1. The monoisotopic (exact) mass is 235 g/mol. The zero-order valence-electron chi connectivity index (χ0n) is 10.9. The Morgan fingerprint density at radius 2 is 2.00 bits per heavy atom. The summed E-state index contributed by atoms with van der Waals surface area (Å²) in [6.45, 7) is 8.90. The second kappa shape index (κ2) is 4.61. The van der Waals surface area contributed by atoms with Crippen LogP contribution in [-0.4, -0.2) is 39.6 Å². The molecule has 0 saturated carbocycles. The van der Waals surface area contributed by atoms with Gasteiger partial charge < -0.3 is 0 Å². The van der Waals surface area contributed by atoms with E-state index < -0.39 is 0 Å². The maximum atomic E-state index is 10.9. The van der Waals surface area contributed by atoms with Gasteiger partial charge in [-0.3, -0.25) is 14.4 Å². The largest absolute Gasteiger partial charge is 0.298 e. The fraction of sp³-hybridized carbons (Fsp3) is 0.692. The molecule has 0 amide bonds. The third kappa shape index (κ3) is 2.57. The molecule has 0 N–H and O–H groups in total. The standard InChI is InChI=1S/C13H21N3O/c1-13(2,3)15-8-5-11(6-9-15)16-12(10-17)4-7-14-16/h4,7,10-11H,5-6,8-9H2,1-3H3. The maximum Gasteiger partial charge on any atom is 0.168 e. The molecule has 1 aliphatic heterocycles. The summed E-state index contributed by atoms with van der Waals surface area (Å²) >= 11 is 0. The molecule has 0 radical (unpaired) electrons. The Hall–Kier alpha value is -1.16. The van der Waals surface area contributed by atoms with E-state index in [1.807, 2.05) is 4.68 Å². The van der Waals surface area contributed by atoms with E-state index in [1.54, 1.807) is 12.3 Å². The molecule has 1 fully saturated rings. The first kappa shape index (κ1) is 12.3. The third-order valence-corrected chi connectivity index (χ3v) is 3.58. The Kier molecular flexibility index (Phi) is 3.33. The van der Waals surface area contributed by atoms with Crippen LogP contribution < -0.4 is 0 Å². The normalized spacial score (nSPS) is 19.5. The Bertz CT molecular complexity index is 384. The van der Waals surface area contributed by atoms with Crippen LogP contribution in [0.15, 0.2) is 12.3 Å². The molecule has 2 heterocycles. The van der Waals surface area contributed by atoms with E-state index in [-0.39, 0.29) is 5.54 Å². The molecule has 0 spiro atoms. The van der Waals surface area contributed by atoms with Crippen LogP contribution in [0.4, 0.5) is 0 Å². The van der Waals surface area contributed by atoms with E-state index in [0.29, 0.717) is 11.7 Å². The highest BCUT2D eigenvalue weighted by Crippen LogP contribution is 2.27.